The Labute approximate surface area is 137 Å². The molecule has 1 unspecified atom stereocenters. The lowest BCUT2D eigenvalue weighted by Gasteiger charge is -2.37. The molecule has 0 amide bonds. The van der Waals surface area contributed by atoms with Gasteiger partial charge >= 0.3 is 0 Å². The molecule has 2 saturated heterocycles. The molecule has 3 rings (SSSR count). The van der Waals surface area contributed by atoms with Crippen molar-refractivity contribution < 1.29 is 4.74 Å². The summed E-state index contributed by atoms with van der Waals surface area (Å²) < 4.78 is 5.48. The van der Waals surface area contributed by atoms with Crippen LogP contribution in [0.15, 0.2) is 0 Å². The highest BCUT2D eigenvalue weighted by Gasteiger charge is 2.25. The number of hydrogen-bond donors (Lipinski definition) is 0. The Morgan fingerprint density at radius 2 is 2.00 bits per heavy atom. The van der Waals surface area contributed by atoms with Crippen molar-refractivity contribution in [3.63, 3.8) is 0 Å². The summed E-state index contributed by atoms with van der Waals surface area (Å²) in [5.41, 5.74) is 1.07. The van der Waals surface area contributed by atoms with Crippen molar-refractivity contribution in [3.8, 4) is 0 Å². The van der Waals surface area contributed by atoms with Crippen LogP contribution >= 0.6 is 11.6 Å². The molecule has 1 aromatic rings. The molecule has 2 fully saturated rings. The molecule has 1 aromatic heterocycles. The van der Waals surface area contributed by atoms with Crippen molar-refractivity contribution in [2.24, 2.45) is 5.92 Å². The number of rotatable bonds is 4. The molecule has 122 valence electrons. The summed E-state index contributed by atoms with van der Waals surface area (Å²) in [6.45, 7) is 11.2. The molecule has 0 N–H and O–H groups in total. The monoisotopic (exact) mass is 324 g/mol. The zero-order valence-corrected chi connectivity index (χ0v) is 14.3. The summed E-state index contributed by atoms with van der Waals surface area (Å²) in [7, 11) is 0. The first-order valence-corrected chi connectivity index (χ1v) is 8.63. The third-order valence-electron chi connectivity index (χ3n) is 4.61. The second-order valence-corrected chi connectivity index (χ2v) is 6.59. The Morgan fingerprint density at radius 3 is 2.64 bits per heavy atom. The second-order valence-electron chi connectivity index (χ2n) is 6.23. The lowest BCUT2D eigenvalue weighted by molar-refractivity contribution is 0.164. The quantitative estimate of drug-likeness (QED) is 0.794. The van der Waals surface area contributed by atoms with E-state index in [0.717, 1.165) is 69.6 Å². The van der Waals surface area contributed by atoms with Crippen LogP contribution in [-0.4, -0.2) is 60.8 Å². The van der Waals surface area contributed by atoms with Crippen LogP contribution in [0.1, 0.15) is 24.7 Å². The minimum atomic E-state index is 0.607. The third kappa shape index (κ3) is 3.53. The van der Waals surface area contributed by atoms with Crippen LogP contribution in [0.5, 0.6) is 0 Å². The maximum atomic E-state index is 6.29. The normalized spacial score (nSPS) is 23.2. The summed E-state index contributed by atoms with van der Waals surface area (Å²) in [4.78, 5) is 13.9. The SMILES string of the molecule is CCc1c(Cl)nc(C)nc1N1CCN(CC2CCOC2)CC1. The van der Waals surface area contributed by atoms with E-state index in [-0.39, 0.29) is 0 Å². The molecule has 0 saturated carbocycles. The van der Waals surface area contributed by atoms with Gasteiger partial charge in [0.15, 0.2) is 0 Å². The fourth-order valence-electron chi connectivity index (χ4n) is 3.35. The van der Waals surface area contributed by atoms with E-state index in [1.54, 1.807) is 0 Å². The maximum absolute atomic E-state index is 6.29. The van der Waals surface area contributed by atoms with E-state index in [0.29, 0.717) is 11.1 Å². The summed E-state index contributed by atoms with van der Waals surface area (Å²) >= 11 is 6.29. The lowest BCUT2D eigenvalue weighted by Crippen LogP contribution is -2.48. The van der Waals surface area contributed by atoms with Crippen molar-refractivity contribution in [1.82, 2.24) is 14.9 Å². The van der Waals surface area contributed by atoms with Crippen LogP contribution in [0, 0.1) is 12.8 Å². The first-order chi connectivity index (χ1) is 10.7. The van der Waals surface area contributed by atoms with Gasteiger partial charge in [-0.2, -0.15) is 0 Å². The zero-order chi connectivity index (χ0) is 15.5. The number of piperazine rings is 1. The molecule has 0 bridgehead atoms. The fourth-order valence-corrected chi connectivity index (χ4v) is 3.69. The second kappa shape index (κ2) is 7.11. The molecule has 6 heteroatoms. The summed E-state index contributed by atoms with van der Waals surface area (Å²) in [5.74, 6) is 2.50. The lowest BCUT2D eigenvalue weighted by atomic mass is 10.1. The van der Waals surface area contributed by atoms with E-state index in [2.05, 4.69) is 26.7 Å². The van der Waals surface area contributed by atoms with Gasteiger partial charge in [-0.05, 0) is 25.7 Å². The van der Waals surface area contributed by atoms with E-state index in [9.17, 15) is 0 Å². The Bertz CT molecular complexity index is 511. The van der Waals surface area contributed by atoms with Gasteiger partial charge < -0.3 is 9.64 Å². The first kappa shape index (κ1) is 16.0. The highest BCUT2D eigenvalue weighted by atomic mass is 35.5. The van der Waals surface area contributed by atoms with Gasteiger partial charge in [0, 0.05) is 44.9 Å². The van der Waals surface area contributed by atoms with Crippen LogP contribution in [0.4, 0.5) is 5.82 Å². The molecule has 0 spiro atoms. The topological polar surface area (TPSA) is 41.5 Å². The average molecular weight is 325 g/mol. The summed E-state index contributed by atoms with van der Waals surface area (Å²) in [6.07, 6.45) is 2.08. The van der Waals surface area contributed by atoms with E-state index in [4.69, 9.17) is 16.3 Å². The predicted octanol–water partition coefficient (Wildman–Crippen LogP) is 2.16. The molecule has 22 heavy (non-hydrogen) atoms. The molecular formula is C16H25ClN4O. The van der Waals surface area contributed by atoms with Crippen LogP contribution in [0.2, 0.25) is 5.15 Å². The summed E-state index contributed by atoms with van der Waals surface area (Å²) in [6, 6.07) is 0. The van der Waals surface area contributed by atoms with Crippen molar-refractivity contribution in [3.05, 3.63) is 16.5 Å². The van der Waals surface area contributed by atoms with Crippen LogP contribution in [-0.2, 0) is 11.2 Å². The largest absolute Gasteiger partial charge is 0.381 e. The summed E-state index contributed by atoms with van der Waals surface area (Å²) in [5, 5.41) is 0.607. The molecule has 0 aromatic carbocycles. The molecule has 0 radical (unpaired) electrons. The molecule has 2 aliphatic rings. The van der Waals surface area contributed by atoms with Gasteiger partial charge in [-0.1, -0.05) is 18.5 Å². The molecule has 2 aliphatic heterocycles. The fraction of sp³-hybridized carbons (Fsp3) is 0.750. The minimum absolute atomic E-state index is 0.607. The number of aryl methyl sites for hydroxylation is 1. The average Bonchev–Trinajstić information content (AvgIpc) is 3.00. The minimum Gasteiger partial charge on any atom is -0.381 e. The Morgan fingerprint density at radius 1 is 1.23 bits per heavy atom. The number of anilines is 1. The smallest absolute Gasteiger partial charge is 0.138 e. The zero-order valence-electron chi connectivity index (χ0n) is 13.5. The first-order valence-electron chi connectivity index (χ1n) is 8.25. The van der Waals surface area contributed by atoms with E-state index < -0.39 is 0 Å². The highest BCUT2D eigenvalue weighted by Crippen LogP contribution is 2.26. The predicted molar refractivity (Wildman–Crippen MR) is 88.7 cm³/mol. The van der Waals surface area contributed by atoms with E-state index in [1.807, 2.05) is 6.92 Å². The molecule has 0 aliphatic carbocycles. The van der Waals surface area contributed by atoms with Gasteiger partial charge in [-0.3, -0.25) is 4.90 Å². The number of hydrogen-bond acceptors (Lipinski definition) is 5. The van der Waals surface area contributed by atoms with E-state index >= 15 is 0 Å². The van der Waals surface area contributed by atoms with Gasteiger partial charge in [0.2, 0.25) is 0 Å². The third-order valence-corrected chi connectivity index (χ3v) is 4.93. The highest BCUT2D eigenvalue weighted by molar-refractivity contribution is 6.30. The molecule has 3 heterocycles. The van der Waals surface area contributed by atoms with Crippen molar-refractivity contribution >= 4 is 17.4 Å². The number of ether oxygens (including phenoxy) is 1. The number of halogens is 1. The van der Waals surface area contributed by atoms with E-state index in [1.165, 1.54) is 6.42 Å². The van der Waals surface area contributed by atoms with Gasteiger partial charge in [-0.15, -0.1) is 0 Å². The van der Waals surface area contributed by atoms with Gasteiger partial charge in [-0.25, -0.2) is 9.97 Å². The molecule has 5 nitrogen and oxygen atoms in total. The van der Waals surface area contributed by atoms with Crippen LogP contribution in [0.3, 0.4) is 0 Å². The van der Waals surface area contributed by atoms with Gasteiger partial charge in [0.25, 0.3) is 0 Å². The van der Waals surface area contributed by atoms with Crippen LogP contribution < -0.4 is 4.90 Å². The molecular weight excluding hydrogens is 300 g/mol. The molecule has 1 atom stereocenters. The van der Waals surface area contributed by atoms with Crippen LogP contribution in [0.25, 0.3) is 0 Å². The van der Waals surface area contributed by atoms with Crippen molar-refractivity contribution in [1.29, 1.82) is 0 Å². The van der Waals surface area contributed by atoms with Gasteiger partial charge in [0.05, 0.1) is 6.61 Å². The number of nitrogens with zero attached hydrogens (tertiary/aromatic N) is 4. The van der Waals surface area contributed by atoms with Gasteiger partial charge in [0.1, 0.15) is 16.8 Å². The van der Waals surface area contributed by atoms with Crippen molar-refractivity contribution in [2.75, 3.05) is 50.8 Å². The maximum Gasteiger partial charge on any atom is 0.138 e. The standard InChI is InChI=1S/C16H25ClN4O/c1-3-14-15(17)18-12(2)19-16(14)21-7-5-20(6-8-21)10-13-4-9-22-11-13/h13H,3-11H2,1-2H3. The van der Waals surface area contributed by atoms with Crippen molar-refractivity contribution in [2.45, 2.75) is 26.7 Å². The Kier molecular flexibility index (Phi) is 5.16. The Hall–Kier alpha value is -0.910. The number of aromatic nitrogens is 2. The Balaban J connectivity index is 1.63.